The van der Waals surface area contributed by atoms with Crippen molar-refractivity contribution >= 4 is 45.8 Å². The zero-order valence-electron chi connectivity index (χ0n) is 36.6. The van der Waals surface area contributed by atoms with Crippen LogP contribution in [0.15, 0.2) is 61.3 Å². The highest BCUT2D eigenvalue weighted by Crippen LogP contribution is 2.42. The molecule has 15 heteroatoms. The molecule has 0 bridgehead atoms. The van der Waals surface area contributed by atoms with E-state index in [2.05, 4.69) is 56.3 Å². The molecule has 1 aliphatic heterocycles. The lowest BCUT2D eigenvalue weighted by atomic mass is 9.92. The van der Waals surface area contributed by atoms with Crippen molar-refractivity contribution in [3.8, 4) is 40.5 Å². The van der Waals surface area contributed by atoms with Crippen molar-refractivity contribution in [2.75, 3.05) is 27.3 Å². The van der Waals surface area contributed by atoms with Gasteiger partial charge in [-0.3, -0.25) is 9.59 Å². The monoisotopic (exact) mass is 844 g/mol. The zero-order chi connectivity index (χ0) is 44.8. The zero-order valence-corrected chi connectivity index (χ0v) is 36.6. The second-order valence-electron chi connectivity index (χ2n) is 16.7. The summed E-state index contributed by atoms with van der Waals surface area (Å²) >= 11 is 0. The number of ether oxygens (including phenoxy) is 3. The summed E-state index contributed by atoms with van der Waals surface area (Å²) in [5.41, 5.74) is 6.26. The molecule has 62 heavy (non-hydrogen) atoms. The summed E-state index contributed by atoms with van der Waals surface area (Å²) in [5.74, 6) is 3.45. The van der Waals surface area contributed by atoms with Gasteiger partial charge in [0, 0.05) is 24.0 Å². The summed E-state index contributed by atoms with van der Waals surface area (Å²) in [6.45, 7) is 16.7. The number of alkyl carbamates (subject to hydrolysis) is 2. The number of fused-ring (bicyclic) bond motifs is 6. The minimum absolute atomic E-state index is 0.123. The number of imidazole rings is 2. The first-order chi connectivity index (χ1) is 29.6. The quantitative estimate of drug-likeness (QED) is 0.0591. The Hall–Kier alpha value is -6.82. The number of nitrogens with one attached hydrogen (secondary N) is 4. The largest absolute Gasteiger partial charge is 0.488 e. The highest BCUT2D eigenvalue weighted by Gasteiger charge is 2.32. The van der Waals surface area contributed by atoms with Gasteiger partial charge in [0.15, 0.2) is 0 Å². The van der Waals surface area contributed by atoms with E-state index in [-0.39, 0.29) is 49.2 Å². The molecule has 2 aromatic heterocycles. The van der Waals surface area contributed by atoms with Gasteiger partial charge in [0.05, 0.1) is 56.2 Å². The average molecular weight is 845 g/mol. The Kier molecular flexibility index (Phi) is 13.9. The Morgan fingerprint density at radius 3 is 2.11 bits per heavy atom. The maximum absolute atomic E-state index is 13.8. The number of rotatable bonds is 16. The van der Waals surface area contributed by atoms with E-state index in [0.29, 0.717) is 24.8 Å². The third-order valence-electron chi connectivity index (χ3n) is 10.9. The van der Waals surface area contributed by atoms with Crippen molar-refractivity contribution in [1.29, 1.82) is 0 Å². The third-order valence-corrected chi connectivity index (χ3v) is 10.9. The Bertz CT molecular complexity index is 2510. The van der Waals surface area contributed by atoms with Gasteiger partial charge in [-0.05, 0) is 64.1 Å². The van der Waals surface area contributed by atoms with Crippen LogP contribution in [0.5, 0.6) is 5.75 Å². The Morgan fingerprint density at radius 2 is 1.52 bits per heavy atom. The number of amides is 4. The van der Waals surface area contributed by atoms with Crippen LogP contribution >= 0.6 is 0 Å². The number of hydrogen-bond acceptors (Lipinski definition) is 9. The Morgan fingerprint density at radius 1 is 0.871 bits per heavy atom. The van der Waals surface area contributed by atoms with E-state index < -0.39 is 30.2 Å². The van der Waals surface area contributed by atoms with Gasteiger partial charge in [0.2, 0.25) is 11.8 Å². The molecule has 3 atom stereocenters. The van der Waals surface area contributed by atoms with Crippen molar-refractivity contribution in [2.45, 2.75) is 73.3 Å². The van der Waals surface area contributed by atoms with Crippen LogP contribution in [-0.4, -0.2) is 93.1 Å². The second-order valence-corrected chi connectivity index (χ2v) is 16.7. The number of aromatic amines is 2. The molecular weight excluding hydrogens is 789 g/mol. The summed E-state index contributed by atoms with van der Waals surface area (Å²) in [5, 5.41) is 7.28. The number of carbonyl (C=O) groups is 4. The fourth-order valence-corrected chi connectivity index (χ4v) is 7.67. The van der Waals surface area contributed by atoms with E-state index in [1.54, 1.807) is 22.1 Å². The van der Waals surface area contributed by atoms with E-state index in [1.165, 1.54) is 14.2 Å². The van der Waals surface area contributed by atoms with Crippen LogP contribution < -0.4 is 15.4 Å². The first-order valence-corrected chi connectivity index (χ1v) is 20.7. The van der Waals surface area contributed by atoms with E-state index in [1.807, 2.05) is 65.8 Å². The average Bonchev–Trinajstić information content (AvgIpc) is 3.91. The predicted octanol–water partition coefficient (Wildman–Crippen LogP) is 7.18. The molecule has 3 aromatic carbocycles. The second kappa shape index (κ2) is 19.3. The minimum atomic E-state index is -0.839. The van der Waals surface area contributed by atoms with Gasteiger partial charge in [-0.15, -0.1) is 13.0 Å². The molecule has 4 amide bonds. The van der Waals surface area contributed by atoms with Gasteiger partial charge in [0.25, 0.3) is 0 Å². The number of nitrogens with zero attached hydrogens (tertiary/aromatic N) is 4. The number of hydrogen-bond donors (Lipinski definition) is 4. The summed E-state index contributed by atoms with van der Waals surface area (Å²) in [6.07, 6.45) is 7.72. The van der Waals surface area contributed by atoms with Crippen molar-refractivity contribution in [3.63, 3.8) is 0 Å². The van der Waals surface area contributed by atoms with Gasteiger partial charge in [-0.2, -0.15) is 0 Å². The molecule has 0 unspecified atom stereocenters. The van der Waals surface area contributed by atoms with Crippen molar-refractivity contribution in [3.05, 3.63) is 78.5 Å². The predicted molar refractivity (Wildman–Crippen MR) is 237 cm³/mol. The van der Waals surface area contributed by atoms with Crippen LogP contribution in [0.2, 0.25) is 0 Å². The summed E-state index contributed by atoms with van der Waals surface area (Å²) < 4.78 is 16.0. The van der Waals surface area contributed by atoms with Crippen molar-refractivity contribution in [2.24, 2.45) is 23.7 Å². The fourth-order valence-electron chi connectivity index (χ4n) is 7.67. The van der Waals surface area contributed by atoms with Crippen LogP contribution in [0.1, 0.15) is 58.8 Å². The molecule has 15 nitrogen and oxygen atoms in total. The molecule has 0 aliphatic carbocycles. The maximum atomic E-state index is 13.8. The summed E-state index contributed by atoms with van der Waals surface area (Å²) in [7, 11) is 2.53. The highest BCUT2D eigenvalue weighted by molar-refractivity contribution is 6.07. The fraction of sp³-hybridized carbons (Fsp3) is 0.404. The van der Waals surface area contributed by atoms with Crippen LogP contribution in [0.25, 0.3) is 44.2 Å². The number of carbonyl (C=O) groups excluding carboxylic acids is 4. The highest BCUT2D eigenvalue weighted by atomic mass is 16.5. The minimum Gasteiger partial charge on any atom is -0.488 e. The molecule has 4 N–H and O–H groups in total. The van der Waals surface area contributed by atoms with E-state index in [9.17, 15) is 19.2 Å². The van der Waals surface area contributed by atoms with E-state index >= 15 is 0 Å². The smallest absolute Gasteiger partial charge is 0.407 e. The molecule has 0 spiro atoms. The number of aromatic nitrogens is 4. The summed E-state index contributed by atoms with van der Waals surface area (Å²) in [6, 6.07) is 12.7. The van der Waals surface area contributed by atoms with Gasteiger partial charge in [-0.25, -0.2) is 19.6 Å². The van der Waals surface area contributed by atoms with E-state index in [4.69, 9.17) is 25.6 Å². The standard InChI is InChI=1S/C47H56N8O7/c1-11-29(12-2)22-55(45(57)42(28(7)8)53-47(59)61-10)23-39-48-20-37(50-39)31-13-15-33-32(17-31)25-62-38-19-34-30(18-35(33)38)14-16-36-43(34)51-40(49-36)24-54(21-26(3)4)44(56)41(27(5)6)52-46(58)60-9/h1,12-20,26-29,41-42H,2,21-25H2,3-10H3,(H,48,50)(H,49,51)(H,52,58)(H,53,59)/t29-,41-,42+/m1/s1. The number of H-pyrrole nitrogens is 2. The molecule has 0 saturated heterocycles. The molecule has 0 fully saturated rings. The molecule has 3 heterocycles. The number of methoxy groups -OCH3 is 2. The van der Waals surface area contributed by atoms with Crippen LogP contribution in [0.4, 0.5) is 9.59 Å². The third kappa shape index (κ3) is 9.86. The molecule has 0 saturated carbocycles. The molecule has 0 radical (unpaired) electrons. The topological polar surface area (TPSA) is 184 Å². The van der Waals surface area contributed by atoms with Crippen LogP contribution in [0.3, 0.4) is 0 Å². The van der Waals surface area contributed by atoms with Crippen LogP contribution in [-0.2, 0) is 38.8 Å². The van der Waals surface area contributed by atoms with Gasteiger partial charge in [0.1, 0.15) is 36.1 Å². The molecular formula is C47H56N8O7. The van der Waals surface area contributed by atoms with Gasteiger partial charge >= 0.3 is 12.2 Å². The van der Waals surface area contributed by atoms with Gasteiger partial charge in [-0.1, -0.05) is 71.7 Å². The first kappa shape index (κ1) is 44.7. The SMILES string of the molecule is C#C[C@H](C=C)CN(Cc1ncc(-c2ccc3c(c2)COc2cc4c(ccc5nc(CN(CC(C)C)C(=O)[C@H](NC(=O)OC)C(C)C)[nH]c54)cc2-3)[nH]1)C(=O)[C@@H](NC(=O)OC)C(C)C. The maximum Gasteiger partial charge on any atom is 0.407 e. The Labute approximate surface area is 362 Å². The molecule has 6 rings (SSSR count). The molecule has 1 aliphatic rings. The normalized spacial score (nSPS) is 13.4. The molecule has 5 aromatic rings. The van der Waals surface area contributed by atoms with Crippen molar-refractivity contribution in [1.82, 2.24) is 40.4 Å². The lowest BCUT2D eigenvalue weighted by Crippen LogP contribution is -2.51. The molecule has 326 valence electrons. The van der Waals surface area contributed by atoms with Crippen molar-refractivity contribution < 1.29 is 33.4 Å². The van der Waals surface area contributed by atoms with E-state index in [0.717, 1.165) is 55.5 Å². The van der Waals surface area contributed by atoms with Crippen LogP contribution in [0, 0.1) is 36.0 Å². The summed E-state index contributed by atoms with van der Waals surface area (Å²) in [4.78, 5) is 71.5. The lowest BCUT2D eigenvalue weighted by Gasteiger charge is -2.30. The Balaban J connectivity index is 1.24. The number of terminal acetylenes is 1. The first-order valence-electron chi connectivity index (χ1n) is 20.7. The number of benzene rings is 3. The lowest BCUT2D eigenvalue weighted by molar-refractivity contribution is -0.136. The van der Waals surface area contributed by atoms with Gasteiger partial charge < -0.3 is 44.6 Å².